The molecule has 112 valence electrons. The molecule has 0 aliphatic heterocycles. The fourth-order valence-corrected chi connectivity index (χ4v) is 2.41. The number of rotatable bonds is 6. The lowest BCUT2D eigenvalue weighted by Crippen LogP contribution is -2.02. The zero-order valence-electron chi connectivity index (χ0n) is 13.4. The monoisotopic (exact) mass is 283 g/mol. The largest absolute Gasteiger partial charge is 0.495 e. The van der Waals surface area contributed by atoms with Gasteiger partial charge in [0.2, 0.25) is 0 Å². The topological polar surface area (TPSA) is 21.3 Å². The van der Waals surface area contributed by atoms with E-state index in [0.29, 0.717) is 5.92 Å². The highest BCUT2D eigenvalue weighted by molar-refractivity contribution is 5.57. The molecule has 0 aromatic heterocycles. The molecule has 0 saturated carbocycles. The second kappa shape index (κ2) is 7.16. The van der Waals surface area contributed by atoms with Crippen molar-refractivity contribution in [2.45, 2.75) is 33.7 Å². The van der Waals surface area contributed by atoms with Crippen molar-refractivity contribution in [2.24, 2.45) is 5.92 Å². The van der Waals surface area contributed by atoms with Crippen LogP contribution in [-0.2, 0) is 13.0 Å². The number of anilines is 1. The molecule has 0 fully saturated rings. The van der Waals surface area contributed by atoms with Crippen molar-refractivity contribution in [2.75, 3.05) is 12.4 Å². The smallest absolute Gasteiger partial charge is 0.142 e. The van der Waals surface area contributed by atoms with Crippen LogP contribution in [0.1, 0.15) is 30.5 Å². The summed E-state index contributed by atoms with van der Waals surface area (Å²) in [6.07, 6.45) is 1.14. The molecule has 0 radical (unpaired) electrons. The molecular formula is C19H25NO. The zero-order chi connectivity index (χ0) is 15.2. The normalized spacial score (nSPS) is 10.7. The van der Waals surface area contributed by atoms with Gasteiger partial charge in [0, 0.05) is 6.54 Å². The number of hydrogen-bond donors (Lipinski definition) is 1. The third-order valence-corrected chi connectivity index (χ3v) is 3.51. The molecule has 0 saturated heterocycles. The lowest BCUT2D eigenvalue weighted by atomic mass is 10.0. The predicted octanol–water partition coefficient (Wildman–Crippen LogP) is 4.81. The standard InChI is InChI=1S/C19H25NO/c1-14(2)11-16-6-8-17(9-7-16)13-20-18-10-5-15(3)12-19(18)21-4/h5-10,12,14,20H,11,13H2,1-4H3. The zero-order valence-corrected chi connectivity index (χ0v) is 13.4. The van der Waals surface area contributed by atoms with Gasteiger partial charge in [-0.3, -0.25) is 0 Å². The summed E-state index contributed by atoms with van der Waals surface area (Å²) in [6, 6.07) is 15.1. The Morgan fingerprint density at radius 1 is 1.00 bits per heavy atom. The summed E-state index contributed by atoms with van der Waals surface area (Å²) in [5.41, 5.74) is 4.93. The van der Waals surface area contributed by atoms with Gasteiger partial charge >= 0.3 is 0 Å². The van der Waals surface area contributed by atoms with Gasteiger partial charge in [0.05, 0.1) is 12.8 Å². The van der Waals surface area contributed by atoms with Crippen molar-refractivity contribution in [3.8, 4) is 5.75 Å². The maximum absolute atomic E-state index is 5.41. The molecule has 2 aromatic rings. The number of methoxy groups -OCH3 is 1. The molecule has 0 aliphatic carbocycles. The van der Waals surface area contributed by atoms with E-state index in [4.69, 9.17) is 4.74 Å². The Hall–Kier alpha value is -1.96. The molecule has 0 heterocycles. The van der Waals surface area contributed by atoms with Crippen LogP contribution in [0.2, 0.25) is 0 Å². The van der Waals surface area contributed by atoms with Crippen LogP contribution in [0.4, 0.5) is 5.69 Å². The van der Waals surface area contributed by atoms with Crippen LogP contribution in [0, 0.1) is 12.8 Å². The van der Waals surface area contributed by atoms with Gasteiger partial charge in [-0.15, -0.1) is 0 Å². The van der Waals surface area contributed by atoms with Gasteiger partial charge in [0.15, 0.2) is 0 Å². The molecule has 2 rings (SSSR count). The van der Waals surface area contributed by atoms with Gasteiger partial charge in [-0.25, -0.2) is 0 Å². The average molecular weight is 283 g/mol. The van der Waals surface area contributed by atoms with E-state index in [1.807, 2.05) is 6.07 Å². The fourth-order valence-electron chi connectivity index (χ4n) is 2.41. The molecule has 2 aromatic carbocycles. The SMILES string of the molecule is COc1cc(C)ccc1NCc1ccc(CC(C)C)cc1. The van der Waals surface area contributed by atoms with Gasteiger partial charge in [0.25, 0.3) is 0 Å². The first-order chi connectivity index (χ1) is 10.1. The van der Waals surface area contributed by atoms with Crippen LogP contribution < -0.4 is 10.1 Å². The third-order valence-electron chi connectivity index (χ3n) is 3.51. The van der Waals surface area contributed by atoms with Crippen LogP contribution in [0.25, 0.3) is 0 Å². The fraction of sp³-hybridized carbons (Fsp3) is 0.368. The van der Waals surface area contributed by atoms with Crippen LogP contribution in [0.15, 0.2) is 42.5 Å². The quantitative estimate of drug-likeness (QED) is 0.821. The van der Waals surface area contributed by atoms with Gasteiger partial charge in [-0.2, -0.15) is 0 Å². The summed E-state index contributed by atoms with van der Waals surface area (Å²) in [7, 11) is 1.71. The van der Waals surface area contributed by atoms with Gasteiger partial charge < -0.3 is 10.1 Å². The Balaban J connectivity index is 2.00. The number of hydrogen-bond acceptors (Lipinski definition) is 2. The van der Waals surface area contributed by atoms with Crippen LogP contribution in [-0.4, -0.2) is 7.11 Å². The third kappa shape index (κ3) is 4.52. The van der Waals surface area contributed by atoms with Gasteiger partial charge in [-0.1, -0.05) is 44.2 Å². The highest BCUT2D eigenvalue weighted by atomic mass is 16.5. The minimum Gasteiger partial charge on any atom is -0.495 e. The Bertz CT molecular complexity index is 573. The molecule has 2 nitrogen and oxygen atoms in total. The molecule has 21 heavy (non-hydrogen) atoms. The number of ether oxygens (including phenoxy) is 1. The van der Waals surface area contributed by atoms with Crippen LogP contribution >= 0.6 is 0 Å². The lowest BCUT2D eigenvalue weighted by molar-refractivity contribution is 0.416. The molecule has 0 aliphatic rings. The summed E-state index contributed by atoms with van der Waals surface area (Å²) < 4.78 is 5.41. The Kier molecular flexibility index (Phi) is 5.26. The predicted molar refractivity (Wildman–Crippen MR) is 90.0 cm³/mol. The minimum atomic E-state index is 0.700. The Labute approximate surface area is 128 Å². The first-order valence-corrected chi connectivity index (χ1v) is 7.55. The molecule has 0 atom stereocenters. The molecular weight excluding hydrogens is 258 g/mol. The summed E-state index contributed by atoms with van der Waals surface area (Å²) in [5.74, 6) is 1.59. The summed E-state index contributed by atoms with van der Waals surface area (Å²) in [6.45, 7) is 7.37. The number of aryl methyl sites for hydroxylation is 1. The average Bonchev–Trinajstić information content (AvgIpc) is 2.46. The van der Waals surface area contributed by atoms with Crippen molar-refractivity contribution in [1.82, 2.24) is 0 Å². The molecule has 0 spiro atoms. The maximum Gasteiger partial charge on any atom is 0.142 e. The second-order valence-electron chi connectivity index (χ2n) is 5.97. The maximum atomic E-state index is 5.41. The van der Waals surface area contributed by atoms with Crippen LogP contribution in [0.5, 0.6) is 5.75 Å². The van der Waals surface area contributed by atoms with E-state index in [9.17, 15) is 0 Å². The van der Waals surface area contributed by atoms with Gasteiger partial charge in [-0.05, 0) is 48.1 Å². The van der Waals surface area contributed by atoms with Crippen molar-refractivity contribution in [1.29, 1.82) is 0 Å². The highest BCUT2D eigenvalue weighted by Gasteiger charge is 2.03. The lowest BCUT2D eigenvalue weighted by Gasteiger charge is -2.12. The van der Waals surface area contributed by atoms with Gasteiger partial charge in [0.1, 0.15) is 5.75 Å². The molecule has 1 N–H and O–H groups in total. The van der Waals surface area contributed by atoms with E-state index in [-0.39, 0.29) is 0 Å². The Morgan fingerprint density at radius 3 is 2.29 bits per heavy atom. The summed E-state index contributed by atoms with van der Waals surface area (Å²) in [4.78, 5) is 0. The summed E-state index contributed by atoms with van der Waals surface area (Å²) in [5, 5.41) is 3.44. The van der Waals surface area contributed by atoms with E-state index in [0.717, 1.165) is 24.4 Å². The minimum absolute atomic E-state index is 0.700. The van der Waals surface area contributed by atoms with Crippen molar-refractivity contribution < 1.29 is 4.74 Å². The Morgan fingerprint density at radius 2 is 1.67 bits per heavy atom. The second-order valence-corrected chi connectivity index (χ2v) is 5.97. The van der Waals surface area contributed by atoms with Crippen molar-refractivity contribution >= 4 is 5.69 Å². The number of nitrogens with one attached hydrogen (secondary N) is 1. The van der Waals surface area contributed by atoms with Crippen molar-refractivity contribution in [3.63, 3.8) is 0 Å². The summed E-state index contributed by atoms with van der Waals surface area (Å²) >= 11 is 0. The molecule has 0 unspecified atom stereocenters. The molecule has 2 heteroatoms. The van der Waals surface area contributed by atoms with E-state index in [1.54, 1.807) is 7.11 Å². The number of benzene rings is 2. The van der Waals surface area contributed by atoms with Crippen molar-refractivity contribution in [3.05, 3.63) is 59.2 Å². The van der Waals surface area contributed by atoms with E-state index >= 15 is 0 Å². The molecule has 0 amide bonds. The van der Waals surface area contributed by atoms with E-state index in [2.05, 4.69) is 62.5 Å². The first kappa shape index (κ1) is 15.4. The highest BCUT2D eigenvalue weighted by Crippen LogP contribution is 2.25. The van der Waals surface area contributed by atoms with Crippen LogP contribution in [0.3, 0.4) is 0 Å². The van der Waals surface area contributed by atoms with E-state index < -0.39 is 0 Å². The first-order valence-electron chi connectivity index (χ1n) is 7.55. The van der Waals surface area contributed by atoms with E-state index in [1.165, 1.54) is 16.7 Å². The molecule has 0 bridgehead atoms.